The zero-order chi connectivity index (χ0) is 11.6. The molecule has 1 aliphatic rings. The highest BCUT2D eigenvalue weighted by Crippen LogP contribution is 2.06. The molecular formula is C12H25N3O. The summed E-state index contributed by atoms with van der Waals surface area (Å²) in [5, 5.41) is 3.31. The molecule has 0 saturated carbocycles. The Morgan fingerprint density at radius 3 is 2.75 bits per heavy atom. The molecule has 0 aromatic rings. The number of carbonyl (C=O) groups is 1. The van der Waals surface area contributed by atoms with Crippen LogP contribution in [-0.2, 0) is 4.79 Å². The number of nitrogens with two attached hydrogens (primary N) is 1. The molecule has 0 aliphatic carbocycles. The predicted molar refractivity (Wildman–Crippen MR) is 66.2 cm³/mol. The van der Waals surface area contributed by atoms with Crippen molar-refractivity contribution in [1.29, 1.82) is 0 Å². The molecule has 0 aromatic heterocycles. The number of carbonyl (C=O) groups excluding carboxylic acids is 1. The van der Waals surface area contributed by atoms with Crippen molar-refractivity contribution < 1.29 is 4.79 Å². The van der Waals surface area contributed by atoms with Gasteiger partial charge in [0.1, 0.15) is 0 Å². The number of amides is 1. The van der Waals surface area contributed by atoms with Gasteiger partial charge < -0.3 is 16.0 Å². The molecule has 0 unspecified atom stereocenters. The Morgan fingerprint density at radius 1 is 1.12 bits per heavy atom. The molecule has 1 heterocycles. The van der Waals surface area contributed by atoms with Crippen molar-refractivity contribution in [3.8, 4) is 0 Å². The smallest absolute Gasteiger partial charge is 0.222 e. The molecule has 16 heavy (non-hydrogen) atoms. The minimum absolute atomic E-state index is 0.330. The van der Waals surface area contributed by atoms with Gasteiger partial charge in [0.2, 0.25) is 5.91 Å². The lowest BCUT2D eigenvalue weighted by Crippen LogP contribution is -2.33. The second-order valence-corrected chi connectivity index (χ2v) is 4.44. The van der Waals surface area contributed by atoms with Crippen LogP contribution in [0.3, 0.4) is 0 Å². The summed E-state index contributed by atoms with van der Waals surface area (Å²) in [6, 6.07) is 0. The number of nitrogens with zero attached hydrogens (tertiary/aromatic N) is 1. The van der Waals surface area contributed by atoms with Crippen LogP contribution in [0.15, 0.2) is 0 Å². The van der Waals surface area contributed by atoms with Crippen molar-refractivity contribution >= 4 is 5.91 Å². The topological polar surface area (TPSA) is 58.4 Å². The highest BCUT2D eigenvalue weighted by Gasteiger charge is 2.14. The molecule has 1 aliphatic heterocycles. The second-order valence-electron chi connectivity index (χ2n) is 4.44. The molecule has 0 spiro atoms. The third-order valence-electron chi connectivity index (χ3n) is 3.04. The number of unbranched alkanes of at least 4 members (excludes halogenated alkanes) is 3. The van der Waals surface area contributed by atoms with Crippen molar-refractivity contribution in [1.82, 2.24) is 10.2 Å². The van der Waals surface area contributed by atoms with Crippen LogP contribution in [0.4, 0.5) is 0 Å². The maximum absolute atomic E-state index is 11.9. The molecule has 4 heteroatoms. The van der Waals surface area contributed by atoms with Crippen molar-refractivity contribution in [2.75, 3.05) is 32.7 Å². The molecule has 94 valence electrons. The fourth-order valence-electron chi connectivity index (χ4n) is 2.03. The van der Waals surface area contributed by atoms with Crippen LogP contribution >= 0.6 is 0 Å². The molecule has 1 saturated heterocycles. The SMILES string of the molecule is NCCCCCCC(=O)N1CCCNCC1. The van der Waals surface area contributed by atoms with E-state index in [1.54, 1.807) is 0 Å². The van der Waals surface area contributed by atoms with Crippen molar-refractivity contribution in [2.45, 2.75) is 38.5 Å². The van der Waals surface area contributed by atoms with Crippen LogP contribution in [0.2, 0.25) is 0 Å². The normalized spacial score (nSPS) is 17.2. The highest BCUT2D eigenvalue weighted by atomic mass is 16.2. The Hall–Kier alpha value is -0.610. The van der Waals surface area contributed by atoms with Gasteiger partial charge in [0.15, 0.2) is 0 Å². The maximum Gasteiger partial charge on any atom is 0.222 e. The number of hydrogen-bond acceptors (Lipinski definition) is 3. The van der Waals surface area contributed by atoms with Gasteiger partial charge in [-0.15, -0.1) is 0 Å². The summed E-state index contributed by atoms with van der Waals surface area (Å²) in [6.45, 7) is 4.56. The average Bonchev–Trinajstić information content (AvgIpc) is 2.57. The highest BCUT2D eigenvalue weighted by molar-refractivity contribution is 5.76. The molecule has 1 amide bonds. The Kier molecular flexibility index (Phi) is 7.17. The fourth-order valence-corrected chi connectivity index (χ4v) is 2.03. The van der Waals surface area contributed by atoms with Crippen molar-refractivity contribution in [2.24, 2.45) is 5.73 Å². The van der Waals surface area contributed by atoms with Crippen LogP contribution in [0.25, 0.3) is 0 Å². The van der Waals surface area contributed by atoms with Crippen LogP contribution in [-0.4, -0.2) is 43.5 Å². The van der Waals surface area contributed by atoms with E-state index in [-0.39, 0.29) is 0 Å². The monoisotopic (exact) mass is 227 g/mol. The predicted octanol–water partition coefficient (Wildman–Crippen LogP) is 0.718. The zero-order valence-electron chi connectivity index (χ0n) is 10.2. The summed E-state index contributed by atoms with van der Waals surface area (Å²) in [6.07, 6.45) is 6.19. The van der Waals surface area contributed by atoms with Gasteiger partial charge in [-0.05, 0) is 32.4 Å². The molecule has 1 fully saturated rings. The molecule has 0 bridgehead atoms. The summed E-state index contributed by atoms with van der Waals surface area (Å²) in [5.41, 5.74) is 5.42. The summed E-state index contributed by atoms with van der Waals surface area (Å²) < 4.78 is 0. The number of hydrogen-bond donors (Lipinski definition) is 2. The molecule has 4 nitrogen and oxygen atoms in total. The summed E-state index contributed by atoms with van der Waals surface area (Å²) in [5.74, 6) is 0.330. The molecule has 1 rings (SSSR count). The maximum atomic E-state index is 11.9. The largest absolute Gasteiger partial charge is 0.341 e. The Balaban J connectivity index is 2.08. The first-order valence-corrected chi connectivity index (χ1v) is 6.53. The Bertz CT molecular complexity index is 189. The van der Waals surface area contributed by atoms with Gasteiger partial charge in [-0.25, -0.2) is 0 Å². The van der Waals surface area contributed by atoms with Gasteiger partial charge >= 0.3 is 0 Å². The number of nitrogens with one attached hydrogen (secondary N) is 1. The van der Waals surface area contributed by atoms with Gasteiger partial charge in [0.05, 0.1) is 0 Å². The van der Waals surface area contributed by atoms with Gasteiger partial charge in [0, 0.05) is 26.1 Å². The lowest BCUT2D eigenvalue weighted by atomic mass is 10.1. The minimum atomic E-state index is 0.330. The van der Waals surface area contributed by atoms with E-state index < -0.39 is 0 Å². The van der Waals surface area contributed by atoms with Crippen LogP contribution in [0, 0.1) is 0 Å². The van der Waals surface area contributed by atoms with E-state index in [1.807, 2.05) is 4.90 Å². The third kappa shape index (κ3) is 5.47. The first kappa shape index (κ1) is 13.5. The molecular weight excluding hydrogens is 202 g/mol. The van der Waals surface area contributed by atoms with Gasteiger partial charge in [-0.3, -0.25) is 4.79 Å². The average molecular weight is 227 g/mol. The first-order chi connectivity index (χ1) is 7.84. The minimum Gasteiger partial charge on any atom is -0.341 e. The van der Waals surface area contributed by atoms with Gasteiger partial charge in [-0.1, -0.05) is 12.8 Å². The molecule has 0 atom stereocenters. The van der Waals surface area contributed by atoms with Gasteiger partial charge in [0.25, 0.3) is 0 Å². The summed E-state index contributed by atoms with van der Waals surface area (Å²) in [7, 11) is 0. The first-order valence-electron chi connectivity index (χ1n) is 6.53. The van der Waals surface area contributed by atoms with Crippen LogP contribution < -0.4 is 11.1 Å². The van der Waals surface area contributed by atoms with Crippen LogP contribution in [0.5, 0.6) is 0 Å². The third-order valence-corrected chi connectivity index (χ3v) is 3.04. The Morgan fingerprint density at radius 2 is 1.94 bits per heavy atom. The molecule has 3 N–H and O–H groups in total. The fraction of sp³-hybridized carbons (Fsp3) is 0.917. The standard InChI is InChI=1S/C12H25N3O/c13-7-4-2-1-3-6-12(16)15-10-5-8-14-9-11-15/h14H,1-11,13H2. The lowest BCUT2D eigenvalue weighted by molar-refractivity contribution is -0.131. The van der Waals surface area contributed by atoms with E-state index in [1.165, 1.54) is 0 Å². The van der Waals surface area contributed by atoms with E-state index in [0.29, 0.717) is 12.3 Å². The second kappa shape index (κ2) is 8.53. The van der Waals surface area contributed by atoms with E-state index in [0.717, 1.165) is 64.8 Å². The van der Waals surface area contributed by atoms with Crippen LogP contribution in [0.1, 0.15) is 38.5 Å². The lowest BCUT2D eigenvalue weighted by Gasteiger charge is -2.19. The van der Waals surface area contributed by atoms with E-state index in [2.05, 4.69) is 5.32 Å². The number of rotatable bonds is 6. The quantitative estimate of drug-likeness (QED) is 0.657. The molecule has 0 radical (unpaired) electrons. The van der Waals surface area contributed by atoms with E-state index >= 15 is 0 Å². The zero-order valence-corrected chi connectivity index (χ0v) is 10.2. The van der Waals surface area contributed by atoms with Crippen molar-refractivity contribution in [3.63, 3.8) is 0 Å². The Labute approximate surface area is 98.6 Å². The van der Waals surface area contributed by atoms with E-state index in [4.69, 9.17) is 5.73 Å². The summed E-state index contributed by atoms with van der Waals surface area (Å²) in [4.78, 5) is 13.9. The van der Waals surface area contributed by atoms with Crippen molar-refractivity contribution in [3.05, 3.63) is 0 Å². The van der Waals surface area contributed by atoms with E-state index in [9.17, 15) is 4.79 Å². The molecule has 0 aromatic carbocycles. The van der Waals surface area contributed by atoms with Gasteiger partial charge in [-0.2, -0.15) is 0 Å². The summed E-state index contributed by atoms with van der Waals surface area (Å²) >= 11 is 0.